The molecule has 6 heteroatoms. The Balaban J connectivity index is 1.57. The number of nitrogens with one attached hydrogen (secondary N) is 1. The van der Waals surface area contributed by atoms with E-state index in [1.807, 2.05) is 60.7 Å². The SMILES string of the molecule is COc1cc(-c2ccccc2)sc1C(=O)Nc1cccc(N2CCCC2=O)c1. The first kappa shape index (κ1) is 18.3. The molecule has 0 atom stereocenters. The van der Waals surface area contributed by atoms with E-state index >= 15 is 0 Å². The summed E-state index contributed by atoms with van der Waals surface area (Å²) < 4.78 is 5.42. The Morgan fingerprint density at radius 1 is 1.11 bits per heavy atom. The number of rotatable bonds is 5. The molecule has 1 aliphatic rings. The summed E-state index contributed by atoms with van der Waals surface area (Å²) in [5.41, 5.74) is 2.50. The number of carbonyl (C=O) groups excluding carboxylic acids is 2. The van der Waals surface area contributed by atoms with Crippen LogP contribution < -0.4 is 15.0 Å². The van der Waals surface area contributed by atoms with Gasteiger partial charge in [0.25, 0.3) is 5.91 Å². The van der Waals surface area contributed by atoms with Crippen LogP contribution in [-0.4, -0.2) is 25.5 Å². The summed E-state index contributed by atoms with van der Waals surface area (Å²) in [5, 5.41) is 2.93. The molecule has 142 valence electrons. The molecule has 0 saturated carbocycles. The Kier molecular flexibility index (Phi) is 5.12. The molecule has 2 aromatic carbocycles. The first-order valence-corrected chi connectivity index (χ1v) is 9.92. The standard InChI is InChI=1S/C22H20N2O3S/c1-27-18-14-19(15-7-3-2-4-8-15)28-21(18)22(26)23-16-9-5-10-17(13-16)24-12-6-11-20(24)25/h2-5,7-10,13-14H,6,11-12H2,1H3,(H,23,26). The minimum absolute atomic E-state index is 0.121. The average Bonchev–Trinajstić information content (AvgIpc) is 3.35. The van der Waals surface area contributed by atoms with Crippen molar-refractivity contribution in [2.45, 2.75) is 12.8 Å². The number of methoxy groups -OCH3 is 1. The van der Waals surface area contributed by atoms with Gasteiger partial charge < -0.3 is 15.0 Å². The number of amides is 2. The molecule has 0 spiro atoms. The Hall–Kier alpha value is -3.12. The molecule has 1 saturated heterocycles. The van der Waals surface area contributed by atoms with Crippen LogP contribution in [0.5, 0.6) is 5.75 Å². The zero-order chi connectivity index (χ0) is 19.5. The smallest absolute Gasteiger partial charge is 0.269 e. The third-order valence-corrected chi connectivity index (χ3v) is 5.84. The molecular weight excluding hydrogens is 372 g/mol. The van der Waals surface area contributed by atoms with Crippen molar-refractivity contribution in [3.63, 3.8) is 0 Å². The van der Waals surface area contributed by atoms with Crippen molar-refractivity contribution in [2.24, 2.45) is 0 Å². The lowest BCUT2D eigenvalue weighted by atomic mass is 10.2. The van der Waals surface area contributed by atoms with E-state index in [-0.39, 0.29) is 11.8 Å². The fraction of sp³-hybridized carbons (Fsp3) is 0.182. The molecule has 1 aromatic heterocycles. The number of benzene rings is 2. The van der Waals surface area contributed by atoms with Crippen molar-refractivity contribution in [3.8, 4) is 16.2 Å². The summed E-state index contributed by atoms with van der Waals surface area (Å²) in [5.74, 6) is 0.442. The zero-order valence-electron chi connectivity index (χ0n) is 15.5. The number of thiophene rings is 1. The number of hydrogen-bond acceptors (Lipinski definition) is 4. The first-order chi connectivity index (χ1) is 13.7. The fourth-order valence-electron chi connectivity index (χ4n) is 3.29. The lowest BCUT2D eigenvalue weighted by Gasteiger charge is -2.16. The molecule has 0 aliphatic carbocycles. The van der Waals surface area contributed by atoms with Crippen molar-refractivity contribution >= 4 is 34.5 Å². The molecular formula is C22H20N2O3S. The quantitative estimate of drug-likeness (QED) is 0.678. The minimum atomic E-state index is -0.228. The van der Waals surface area contributed by atoms with Crippen LogP contribution in [0.1, 0.15) is 22.5 Å². The van der Waals surface area contributed by atoms with Gasteiger partial charge in [-0.2, -0.15) is 0 Å². The highest BCUT2D eigenvalue weighted by Crippen LogP contribution is 2.36. The molecule has 0 radical (unpaired) electrons. The van der Waals surface area contributed by atoms with Crippen molar-refractivity contribution in [3.05, 3.63) is 65.5 Å². The summed E-state index contributed by atoms with van der Waals surface area (Å²) in [6.45, 7) is 0.718. The Labute approximate surface area is 167 Å². The van der Waals surface area contributed by atoms with Crippen LogP contribution in [0.4, 0.5) is 11.4 Å². The normalized spacial score (nSPS) is 13.6. The van der Waals surface area contributed by atoms with E-state index in [9.17, 15) is 9.59 Å². The van der Waals surface area contributed by atoms with Gasteiger partial charge in [0.2, 0.25) is 5.91 Å². The van der Waals surface area contributed by atoms with Gasteiger partial charge in [-0.3, -0.25) is 9.59 Å². The van der Waals surface area contributed by atoms with Gasteiger partial charge in [-0.15, -0.1) is 11.3 Å². The van der Waals surface area contributed by atoms with E-state index in [4.69, 9.17) is 4.74 Å². The maximum Gasteiger partial charge on any atom is 0.269 e. The average molecular weight is 392 g/mol. The van der Waals surface area contributed by atoms with Crippen molar-refractivity contribution in [1.29, 1.82) is 0 Å². The van der Waals surface area contributed by atoms with Crippen LogP contribution in [0.2, 0.25) is 0 Å². The third-order valence-electron chi connectivity index (χ3n) is 4.67. The van der Waals surface area contributed by atoms with Gasteiger partial charge in [0.05, 0.1) is 7.11 Å². The topological polar surface area (TPSA) is 58.6 Å². The number of hydrogen-bond donors (Lipinski definition) is 1. The van der Waals surface area contributed by atoms with Gasteiger partial charge in [0.1, 0.15) is 10.6 Å². The summed E-state index contributed by atoms with van der Waals surface area (Å²) in [6, 6.07) is 19.2. The molecule has 1 N–H and O–H groups in total. The summed E-state index contributed by atoms with van der Waals surface area (Å²) in [7, 11) is 1.56. The minimum Gasteiger partial charge on any atom is -0.495 e. The van der Waals surface area contributed by atoms with Gasteiger partial charge in [0, 0.05) is 29.2 Å². The highest BCUT2D eigenvalue weighted by Gasteiger charge is 2.22. The van der Waals surface area contributed by atoms with Crippen LogP contribution in [-0.2, 0) is 4.79 Å². The van der Waals surface area contributed by atoms with Gasteiger partial charge in [-0.25, -0.2) is 0 Å². The molecule has 4 rings (SSSR count). The van der Waals surface area contributed by atoms with Crippen LogP contribution in [0.3, 0.4) is 0 Å². The van der Waals surface area contributed by atoms with E-state index in [0.29, 0.717) is 22.7 Å². The summed E-state index contributed by atoms with van der Waals surface area (Å²) in [4.78, 5) is 28.1. The fourth-order valence-corrected chi connectivity index (χ4v) is 4.32. The maximum atomic E-state index is 12.9. The van der Waals surface area contributed by atoms with E-state index in [2.05, 4.69) is 5.32 Å². The molecule has 5 nitrogen and oxygen atoms in total. The van der Waals surface area contributed by atoms with E-state index in [1.165, 1.54) is 11.3 Å². The Morgan fingerprint density at radius 2 is 1.93 bits per heavy atom. The molecule has 0 unspecified atom stereocenters. The summed E-state index contributed by atoms with van der Waals surface area (Å²) in [6.07, 6.45) is 1.44. The molecule has 28 heavy (non-hydrogen) atoms. The second kappa shape index (κ2) is 7.86. The predicted molar refractivity (Wildman–Crippen MR) is 112 cm³/mol. The first-order valence-electron chi connectivity index (χ1n) is 9.11. The molecule has 1 aliphatic heterocycles. The number of carbonyl (C=O) groups is 2. The van der Waals surface area contributed by atoms with E-state index in [0.717, 1.165) is 29.1 Å². The lowest BCUT2D eigenvalue weighted by molar-refractivity contribution is -0.117. The van der Waals surface area contributed by atoms with E-state index in [1.54, 1.807) is 12.0 Å². The van der Waals surface area contributed by atoms with Crippen LogP contribution in [0, 0.1) is 0 Å². The van der Waals surface area contributed by atoms with Gasteiger partial charge in [-0.05, 0) is 36.2 Å². The van der Waals surface area contributed by atoms with Crippen molar-refractivity contribution < 1.29 is 14.3 Å². The zero-order valence-corrected chi connectivity index (χ0v) is 16.3. The highest BCUT2D eigenvalue weighted by atomic mass is 32.1. The van der Waals surface area contributed by atoms with Crippen LogP contribution in [0.25, 0.3) is 10.4 Å². The van der Waals surface area contributed by atoms with Gasteiger partial charge in [-0.1, -0.05) is 36.4 Å². The molecule has 2 heterocycles. The third kappa shape index (κ3) is 3.64. The largest absolute Gasteiger partial charge is 0.495 e. The number of anilines is 2. The van der Waals surface area contributed by atoms with Crippen LogP contribution >= 0.6 is 11.3 Å². The highest BCUT2D eigenvalue weighted by molar-refractivity contribution is 7.17. The van der Waals surface area contributed by atoms with Gasteiger partial charge in [0.15, 0.2) is 0 Å². The van der Waals surface area contributed by atoms with Crippen molar-refractivity contribution in [2.75, 3.05) is 23.9 Å². The molecule has 1 fully saturated rings. The van der Waals surface area contributed by atoms with Crippen LogP contribution in [0.15, 0.2) is 60.7 Å². The number of nitrogens with zero attached hydrogens (tertiary/aromatic N) is 1. The second-order valence-corrected chi connectivity index (χ2v) is 7.58. The number of ether oxygens (including phenoxy) is 1. The second-order valence-electron chi connectivity index (χ2n) is 6.53. The summed E-state index contributed by atoms with van der Waals surface area (Å²) >= 11 is 1.39. The maximum absolute atomic E-state index is 12.9. The molecule has 3 aromatic rings. The lowest BCUT2D eigenvalue weighted by Crippen LogP contribution is -2.23. The molecule has 2 amide bonds. The monoisotopic (exact) mass is 392 g/mol. The Morgan fingerprint density at radius 3 is 2.64 bits per heavy atom. The Bertz CT molecular complexity index is 1010. The predicted octanol–water partition coefficient (Wildman–Crippen LogP) is 4.80. The van der Waals surface area contributed by atoms with Gasteiger partial charge >= 0.3 is 0 Å². The van der Waals surface area contributed by atoms with Crippen molar-refractivity contribution in [1.82, 2.24) is 0 Å². The van der Waals surface area contributed by atoms with E-state index < -0.39 is 0 Å². The molecule has 0 bridgehead atoms.